The van der Waals surface area contributed by atoms with Crippen LogP contribution in [0.1, 0.15) is 187 Å². The molecule has 0 amide bonds. The van der Waals surface area contributed by atoms with E-state index >= 15 is 0 Å². The summed E-state index contributed by atoms with van der Waals surface area (Å²) in [5.41, 5.74) is 25.3. The Morgan fingerprint density at radius 3 is 1.56 bits per heavy atom. The molecule has 0 saturated heterocycles. The van der Waals surface area contributed by atoms with Crippen LogP contribution in [-0.2, 0) is 37.9 Å². The second-order valence-corrected chi connectivity index (χ2v) is 27.9. The van der Waals surface area contributed by atoms with Crippen molar-refractivity contribution in [1.82, 2.24) is 0 Å². The largest absolute Gasteiger partial charge is 0.440 e. The molecule has 3 heterocycles. The van der Waals surface area contributed by atoms with Gasteiger partial charge in [0, 0.05) is 39.3 Å². The lowest BCUT2D eigenvalue weighted by molar-refractivity contribution is 0.332. The van der Waals surface area contributed by atoms with Gasteiger partial charge in [0.05, 0.1) is 0 Å². The number of hydrogen-bond donors (Lipinski definition) is 0. The normalized spacial score (nSPS) is 20.4. The Hall–Kier alpha value is -5.48. The summed E-state index contributed by atoms with van der Waals surface area (Å²) in [4.78, 5) is 5.26. The van der Waals surface area contributed by atoms with Gasteiger partial charge in [0.1, 0.15) is 5.58 Å². The monoisotopic (exact) mass is 937 g/mol. The van der Waals surface area contributed by atoms with Crippen LogP contribution in [0.2, 0.25) is 0 Å². The summed E-state index contributed by atoms with van der Waals surface area (Å²) in [5.74, 6) is 0.952. The minimum atomic E-state index is -0.0725. The first-order valence-corrected chi connectivity index (χ1v) is 27.1. The summed E-state index contributed by atoms with van der Waals surface area (Å²) in [5, 5.41) is 1.25. The predicted molar refractivity (Wildman–Crippen MR) is 305 cm³/mol. The Kier molecular flexibility index (Phi) is 9.73. The smallest absolute Gasteiger partial charge is 0.257 e. The van der Waals surface area contributed by atoms with E-state index in [9.17, 15) is 0 Å². The lowest BCUT2D eigenvalue weighted by atomic mass is 9.33. The molecule has 3 nitrogen and oxygen atoms in total. The molecule has 4 heteroatoms. The fourth-order valence-electron chi connectivity index (χ4n) is 14.0. The van der Waals surface area contributed by atoms with Gasteiger partial charge >= 0.3 is 0 Å². The molecule has 1 aromatic heterocycles. The van der Waals surface area contributed by atoms with Crippen molar-refractivity contribution < 1.29 is 4.42 Å². The number of fused-ring (bicyclic) bond motifs is 9. The van der Waals surface area contributed by atoms with Crippen LogP contribution in [0.25, 0.3) is 22.1 Å². The number of rotatable bonds is 3. The number of aryl methyl sites for hydroxylation is 1. The molecule has 7 aromatic rings. The van der Waals surface area contributed by atoms with Crippen molar-refractivity contribution in [2.24, 2.45) is 0 Å². The summed E-state index contributed by atoms with van der Waals surface area (Å²) in [7, 11) is 0. The van der Waals surface area contributed by atoms with E-state index in [1.807, 2.05) is 0 Å². The van der Waals surface area contributed by atoms with Gasteiger partial charge in [0.2, 0.25) is 5.88 Å². The number of benzene rings is 6. The average molecular weight is 937 g/mol. The minimum Gasteiger partial charge on any atom is -0.440 e. The standard InChI is InChI=1S/C67H77BN2O/c1-40-32-47-50(66(13,14)30-28-63(47,7)8)38-53(40)70-54-35-43(61(2,3)4)22-25-52(54)68-58-45-37-49-51(67(15,16)31-29-65(49,11)12)39-57(45)71-60(58)69(44-23-24-46-48(36-44)64(9,10)27-26-62(46,5)6)55-33-42(34-56(70)59(55)68)41-20-18-17-19-21-41/h17-25,32-39H,26-31H2,1-16H3. The van der Waals surface area contributed by atoms with Crippen LogP contribution in [-0.4, -0.2) is 6.71 Å². The van der Waals surface area contributed by atoms with Gasteiger partial charge in [0.25, 0.3) is 6.71 Å². The van der Waals surface area contributed by atoms with E-state index in [0.717, 1.165) is 30.7 Å². The average Bonchev–Trinajstić information content (AvgIpc) is 3.68. The summed E-state index contributed by atoms with van der Waals surface area (Å²) < 4.78 is 7.66. The number of nitrogens with zero attached hydrogens (tertiary/aromatic N) is 2. The van der Waals surface area contributed by atoms with Crippen molar-refractivity contribution in [3.63, 3.8) is 0 Å². The van der Waals surface area contributed by atoms with E-state index in [2.05, 4.69) is 224 Å². The zero-order valence-corrected chi connectivity index (χ0v) is 45.9. The number of furan rings is 1. The SMILES string of the molecule is Cc1cc2c(cc1N1c3cc(C(C)(C)C)ccc3B3c4c1cc(-c1ccccc1)cc4N(c1ccc4c(c1)C(C)(C)CCC4(C)C)c1oc4cc5c(cc4c13)C(C)(C)CCC5(C)C)C(C)(C)CCC2(C)C. The highest BCUT2D eigenvalue weighted by Crippen LogP contribution is 2.55. The van der Waals surface area contributed by atoms with Crippen LogP contribution in [0.3, 0.4) is 0 Å². The number of hydrogen-bond acceptors (Lipinski definition) is 3. The first kappa shape index (κ1) is 46.6. The first-order valence-electron chi connectivity index (χ1n) is 27.1. The summed E-state index contributed by atoms with van der Waals surface area (Å²) in [6.45, 7) is 38.9. The van der Waals surface area contributed by atoms with E-state index in [4.69, 9.17) is 4.42 Å². The van der Waals surface area contributed by atoms with Crippen molar-refractivity contribution in [1.29, 1.82) is 0 Å². The molecule has 0 radical (unpaired) electrons. The van der Waals surface area contributed by atoms with Gasteiger partial charge in [0.15, 0.2) is 0 Å². The van der Waals surface area contributed by atoms with Crippen molar-refractivity contribution in [3.8, 4) is 11.1 Å². The van der Waals surface area contributed by atoms with Crippen molar-refractivity contribution >= 4 is 68.4 Å². The Morgan fingerprint density at radius 1 is 0.451 bits per heavy atom. The molecule has 0 saturated carbocycles. The van der Waals surface area contributed by atoms with E-state index < -0.39 is 0 Å². The van der Waals surface area contributed by atoms with Crippen LogP contribution in [0.15, 0.2) is 108 Å². The molecular weight excluding hydrogens is 860 g/mol. The van der Waals surface area contributed by atoms with Crippen molar-refractivity contribution in [3.05, 3.63) is 148 Å². The van der Waals surface area contributed by atoms with E-state index in [-0.39, 0.29) is 44.6 Å². The van der Waals surface area contributed by atoms with Crippen LogP contribution in [0, 0.1) is 6.92 Å². The summed E-state index contributed by atoms with van der Waals surface area (Å²) in [6.07, 6.45) is 7.00. The highest BCUT2D eigenvalue weighted by atomic mass is 16.4. The molecule has 0 fully saturated rings. The maximum atomic E-state index is 7.66. The molecule has 0 bridgehead atoms. The fraction of sp³-hybridized carbons (Fsp3) is 0.433. The lowest BCUT2D eigenvalue weighted by Gasteiger charge is -2.46. The summed E-state index contributed by atoms with van der Waals surface area (Å²) >= 11 is 0. The second-order valence-electron chi connectivity index (χ2n) is 27.9. The zero-order valence-electron chi connectivity index (χ0n) is 45.9. The van der Waals surface area contributed by atoms with Gasteiger partial charge in [-0.05, 0) is 198 Å². The predicted octanol–water partition coefficient (Wildman–Crippen LogP) is 16.8. The van der Waals surface area contributed by atoms with Gasteiger partial charge in [-0.25, -0.2) is 0 Å². The third-order valence-corrected chi connectivity index (χ3v) is 19.1. The molecule has 5 aliphatic rings. The van der Waals surface area contributed by atoms with Gasteiger partial charge < -0.3 is 9.32 Å². The molecular formula is C67H77BN2O. The first-order chi connectivity index (χ1) is 33.2. The Labute approximate surface area is 426 Å². The molecule has 12 rings (SSSR count). The van der Waals surface area contributed by atoms with Crippen LogP contribution < -0.4 is 26.2 Å². The third-order valence-electron chi connectivity index (χ3n) is 19.1. The molecule has 6 aromatic carbocycles. The summed E-state index contributed by atoms with van der Waals surface area (Å²) in [6, 6.07) is 41.3. The highest BCUT2D eigenvalue weighted by Gasteiger charge is 2.49. The van der Waals surface area contributed by atoms with Crippen LogP contribution in [0.5, 0.6) is 0 Å². The maximum Gasteiger partial charge on any atom is 0.257 e. The number of anilines is 6. The molecule has 0 unspecified atom stereocenters. The van der Waals surface area contributed by atoms with Gasteiger partial charge in [-0.3, -0.25) is 4.90 Å². The van der Waals surface area contributed by atoms with E-state index in [0.29, 0.717) is 0 Å². The fourth-order valence-corrected chi connectivity index (χ4v) is 14.0. The van der Waals surface area contributed by atoms with E-state index in [1.165, 1.54) is 125 Å². The molecule has 2 aliphatic heterocycles. The van der Waals surface area contributed by atoms with Gasteiger partial charge in [-0.2, -0.15) is 0 Å². The molecule has 3 aliphatic carbocycles. The van der Waals surface area contributed by atoms with Crippen molar-refractivity contribution in [2.75, 3.05) is 9.80 Å². The third kappa shape index (κ3) is 6.88. The Bertz CT molecular complexity index is 3390. The lowest BCUT2D eigenvalue weighted by Crippen LogP contribution is -2.61. The quantitative estimate of drug-likeness (QED) is 0.165. The molecule has 0 N–H and O–H groups in total. The van der Waals surface area contributed by atoms with Crippen LogP contribution in [0.4, 0.5) is 34.3 Å². The van der Waals surface area contributed by atoms with E-state index in [1.54, 1.807) is 0 Å². The highest BCUT2D eigenvalue weighted by molar-refractivity contribution is 7.01. The molecule has 71 heavy (non-hydrogen) atoms. The zero-order chi connectivity index (χ0) is 50.3. The van der Waals surface area contributed by atoms with Gasteiger partial charge in [-0.15, -0.1) is 0 Å². The topological polar surface area (TPSA) is 19.6 Å². The molecule has 0 atom stereocenters. The minimum absolute atomic E-state index is 0.0320. The molecule has 364 valence electrons. The molecule has 0 spiro atoms. The maximum absolute atomic E-state index is 7.66. The van der Waals surface area contributed by atoms with Gasteiger partial charge in [-0.1, -0.05) is 158 Å². The second kappa shape index (κ2) is 14.8. The Balaban J connectivity index is 1.24. The van der Waals surface area contributed by atoms with Crippen molar-refractivity contribution in [2.45, 2.75) is 187 Å². The Morgan fingerprint density at radius 2 is 0.972 bits per heavy atom. The van der Waals surface area contributed by atoms with Crippen LogP contribution >= 0.6 is 0 Å².